The van der Waals surface area contributed by atoms with Crippen molar-refractivity contribution in [3.05, 3.63) is 85.1 Å². The first kappa shape index (κ1) is 61.6. The van der Waals surface area contributed by atoms with Crippen molar-refractivity contribution >= 4 is 17.9 Å². The normalized spacial score (nSPS) is 12.7. The van der Waals surface area contributed by atoms with E-state index in [2.05, 4.69) is 99.8 Å². The largest absolute Gasteiger partial charge is 0.462 e. The van der Waals surface area contributed by atoms with E-state index < -0.39 is 6.10 Å². The second-order valence-electron chi connectivity index (χ2n) is 17.8. The van der Waals surface area contributed by atoms with Gasteiger partial charge in [0.1, 0.15) is 13.2 Å². The molecule has 0 bridgehead atoms. The Balaban J connectivity index is 4.43. The van der Waals surface area contributed by atoms with E-state index in [1.807, 2.05) is 6.08 Å². The molecule has 0 fully saturated rings. The molecular formula is C59H100O6. The zero-order chi connectivity index (χ0) is 47.2. The monoisotopic (exact) mass is 905 g/mol. The quantitative estimate of drug-likeness (QED) is 0.0199. The number of carbonyl (C=O) groups is 3. The van der Waals surface area contributed by atoms with Gasteiger partial charge in [0, 0.05) is 19.3 Å². The summed E-state index contributed by atoms with van der Waals surface area (Å²) < 4.78 is 16.8. The molecular weight excluding hydrogens is 805 g/mol. The Morgan fingerprint density at radius 3 is 1.18 bits per heavy atom. The number of hydrogen-bond donors (Lipinski definition) is 0. The molecule has 0 N–H and O–H groups in total. The number of rotatable bonds is 48. The molecule has 0 aromatic rings. The minimum absolute atomic E-state index is 0.101. The molecule has 0 radical (unpaired) electrons. The summed E-state index contributed by atoms with van der Waals surface area (Å²) in [5, 5.41) is 0. The molecule has 1 unspecified atom stereocenters. The van der Waals surface area contributed by atoms with Crippen LogP contribution in [0.15, 0.2) is 85.1 Å². The standard InChI is InChI=1S/C59H100O6/c1-4-7-10-13-16-19-22-25-27-28-29-30-32-34-37-40-43-46-49-52-58(61)64-55-56(54-63-57(60)51-48-45-42-39-36-33-24-21-18-15-12-9-6-3)65-59(62)53-50-47-44-41-38-35-31-26-23-20-17-14-11-8-5-2/h8,11,14,16-17,19-20,22-23,25,33,36,42,45,56H,4-7,9-10,12-13,15,18,21,24,26-32,34-35,37-41,43-44,46-55H2,1-3H3/b11-8+,17-14+,19-16+,23-20+,25-22+,36-33+,45-42+. The van der Waals surface area contributed by atoms with Gasteiger partial charge in [0.05, 0.1) is 0 Å². The molecule has 0 saturated heterocycles. The number of hydrogen-bond acceptors (Lipinski definition) is 6. The zero-order valence-electron chi connectivity index (χ0n) is 42.5. The van der Waals surface area contributed by atoms with Crippen molar-refractivity contribution in [2.24, 2.45) is 0 Å². The Morgan fingerprint density at radius 2 is 0.692 bits per heavy atom. The van der Waals surface area contributed by atoms with E-state index >= 15 is 0 Å². The van der Waals surface area contributed by atoms with Gasteiger partial charge in [0.15, 0.2) is 6.10 Å². The van der Waals surface area contributed by atoms with E-state index in [1.54, 1.807) is 0 Å². The molecule has 0 amide bonds. The second-order valence-corrected chi connectivity index (χ2v) is 17.8. The van der Waals surface area contributed by atoms with Gasteiger partial charge in [-0.25, -0.2) is 0 Å². The van der Waals surface area contributed by atoms with Gasteiger partial charge in [-0.2, -0.15) is 0 Å². The topological polar surface area (TPSA) is 78.9 Å². The third-order valence-electron chi connectivity index (χ3n) is 11.5. The predicted octanol–water partition coefficient (Wildman–Crippen LogP) is 18.0. The molecule has 0 aliphatic carbocycles. The first-order valence-corrected chi connectivity index (χ1v) is 27.1. The Kier molecular flexibility index (Phi) is 50.4. The van der Waals surface area contributed by atoms with Gasteiger partial charge < -0.3 is 14.2 Å². The van der Waals surface area contributed by atoms with Crippen LogP contribution in [0.1, 0.15) is 252 Å². The fraction of sp³-hybridized carbons (Fsp3) is 0.712. The first-order valence-electron chi connectivity index (χ1n) is 27.1. The average Bonchev–Trinajstić information content (AvgIpc) is 3.30. The first-order chi connectivity index (χ1) is 32.0. The SMILES string of the molecule is CC/C=C/C=C/C=C/CCCCCCCCCC(=O)OC(COC(=O)CC/C=C/C/C=C/CCCCCCCC)COC(=O)CCCCCCCCCCCC/C=C/C=C/CCCCC. The molecule has 6 nitrogen and oxygen atoms in total. The third kappa shape index (κ3) is 51.4. The molecule has 0 aliphatic heterocycles. The van der Waals surface area contributed by atoms with E-state index in [-0.39, 0.29) is 37.5 Å². The molecule has 0 heterocycles. The van der Waals surface area contributed by atoms with E-state index in [0.717, 1.165) is 70.6 Å². The van der Waals surface area contributed by atoms with Crippen LogP contribution in [0.3, 0.4) is 0 Å². The maximum Gasteiger partial charge on any atom is 0.306 e. The number of esters is 3. The summed E-state index contributed by atoms with van der Waals surface area (Å²) in [7, 11) is 0. The number of unbranched alkanes of at least 4 members (excludes halogenated alkanes) is 26. The summed E-state index contributed by atoms with van der Waals surface area (Å²) in [6, 6.07) is 0. The Bertz CT molecular complexity index is 1270. The fourth-order valence-electron chi connectivity index (χ4n) is 7.37. The highest BCUT2D eigenvalue weighted by atomic mass is 16.6. The van der Waals surface area contributed by atoms with Gasteiger partial charge in [-0.1, -0.05) is 234 Å². The lowest BCUT2D eigenvalue weighted by Crippen LogP contribution is -2.30. The van der Waals surface area contributed by atoms with Gasteiger partial charge >= 0.3 is 17.9 Å². The predicted molar refractivity (Wildman–Crippen MR) is 279 cm³/mol. The number of allylic oxidation sites excluding steroid dienone is 14. The van der Waals surface area contributed by atoms with E-state index in [9.17, 15) is 14.4 Å². The van der Waals surface area contributed by atoms with Crippen molar-refractivity contribution in [3.63, 3.8) is 0 Å². The molecule has 1 atom stereocenters. The smallest absolute Gasteiger partial charge is 0.306 e. The molecule has 0 aromatic carbocycles. The maximum absolute atomic E-state index is 12.8. The van der Waals surface area contributed by atoms with Gasteiger partial charge in [0.25, 0.3) is 0 Å². The highest BCUT2D eigenvalue weighted by molar-refractivity contribution is 5.71. The summed E-state index contributed by atoms with van der Waals surface area (Å²) in [5.74, 6) is -0.985. The fourth-order valence-corrected chi connectivity index (χ4v) is 7.37. The maximum atomic E-state index is 12.8. The molecule has 0 aromatic heterocycles. The van der Waals surface area contributed by atoms with Crippen molar-refractivity contribution in [2.45, 2.75) is 258 Å². The van der Waals surface area contributed by atoms with Gasteiger partial charge in [0.2, 0.25) is 0 Å². The number of ether oxygens (including phenoxy) is 3. The minimum atomic E-state index is -0.807. The summed E-state index contributed by atoms with van der Waals surface area (Å²) in [5.41, 5.74) is 0. The molecule has 0 rings (SSSR count). The Labute approximate surface area is 401 Å². The van der Waals surface area contributed by atoms with Crippen LogP contribution in [-0.2, 0) is 28.6 Å². The van der Waals surface area contributed by atoms with E-state index in [0.29, 0.717) is 19.3 Å². The van der Waals surface area contributed by atoms with Crippen molar-refractivity contribution in [1.29, 1.82) is 0 Å². The van der Waals surface area contributed by atoms with Crippen molar-refractivity contribution in [1.82, 2.24) is 0 Å². The number of carbonyl (C=O) groups excluding carboxylic acids is 3. The molecule has 6 heteroatoms. The summed E-state index contributed by atoms with van der Waals surface area (Å²) in [4.78, 5) is 38.0. The summed E-state index contributed by atoms with van der Waals surface area (Å²) in [6.45, 7) is 6.41. The van der Waals surface area contributed by atoms with Gasteiger partial charge in [-0.15, -0.1) is 0 Å². The lowest BCUT2D eigenvalue weighted by molar-refractivity contribution is -0.166. The highest BCUT2D eigenvalue weighted by Gasteiger charge is 2.19. The molecule has 0 saturated carbocycles. The van der Waals surface area contributed by atoms with E-state index in [4.69, 9.17) is 14.2 Å². The Hall–Kier alpha value is -3.41. The van der Waals surface area contributed by atoms with Gasteiger partial charge in [-0.3, -0.25) is 14.4 Å². The zero-order valence-corrected chi connectivity index (χ0v) is 42.5. The molecule has 65 heavy (non-hydrogen) atoms. The van der Waals surface area contributed by atoms with Crippen LogP contribution in [0, 0.1) is 0 Å². The molecule has 0 aliphatic rings. The Morgan fingerprint density at radius 1 is 0.338 bits per heavy atom. The van der Waals surface area contributed by atoms with Crippen LogP contribution in [0.2, 0.25) is 0 Å². The summed E-state index contributed by atoms with van der Waals surface area (Å²) in [6.07, 6.45) is 68.6. The van der Waals surface area contributed by atoms with Crippen molar-refractivity contribution in [2.75, 3.05) is 13.2 Å². The van der Waals surface area contributed by atoms with Crippen LogP contribution in [-0.4, -0.2) is 37.2 Å². The lowest BCUT2D eigenvalue weighted by atomic mass is 10.1. The van der Waals surface area contributed by atoms with Crippen LogP contribution in [0.25, 0.3) is 0 Å². The van der Waals surface area contributed by atoms with Crippen molar-refractivity contribution in [3.8, 4) is 0 Å². The second kappa shape index (κ2) is 53.2. The molecule has 0 spiro atoms. The van der Waals surface area contributed by atoms with Crippen molar-refractivity contribution < 1.29 is 28.6 Å². The molecule has 372 valence electrons. The van der Waals surface area contributed by atoms with Crippen LogP contribution in [0.5, 0.6) is 0 Å². The highest BCUT2D eigenvalue weighted by Crippen LogP contribution is 2.15. The average molecular weight is 905 g/mol. The summed E-state index contributed by atoms with van der Waals surface area (Å²) >= 11 is 0. The van der Waals surface area contributed by atoms with Gasteiger partial charge in [-0.05, 0) is 83.5 Å². The van der Waals surface area contributed by atoms with Crippen LogP contribution in [0.4, 0.5) is 0 Å². The van der Waals surface area contributed by atoms with Crippen LogP contribution >= 0.6 is 0 Å². The third-order valence-corrected chi connectivity index (χ3v) is 11.5. The van der Waals surface area contributed by atoms with E-state index in [1.165, 1.54) is 135 Å². The lowest BCUT2D eigenvalue weighted by Gasteiger charge is -2.18. The van der Waals surface area contributed by atoms with Crippen LogP contribution < -0.4 is 0 Å². The minimum Gasteiger partial charge on any atom is -0.462 e.